The van der Waals surface area contributed by atoms with E-state index in [0.717, 1.165) is 12.0 Å². The van der Waals surface area contributed by atoms with Crippen molar-refractivity contribution >= 4 is 0 Å². The standard InChI is InChI=1S/C15H27N/c1-13(6-5-11-16-15-9-10-15)12-14-7-3-2-4-8-14/h6,14-16H,2-5,7-12H2,1H3. The second kappa shape index (κ2) is 6.44. The molecule has 0 unspecified atom stereocenters. The summed E-state index contributed by atoms with van der Waals surface area (Å²) in [5.74, 6) is 1.00. The molecule has 2 rings (SSSR count). The van der Waals surface area contributed by atoms with E-state index in [1.54, 1.807) is 5.57 Å². The summed E-state index contributed by atoms with van der Waals surface area (Å²) in [7, 11) is 0. The van der Waals surface area contributed by atoms with Crippen LogP contribution in [0, 0.1) is 5.92 Å². The Morgan fingerprint density at radius 1 is 1.12 bits per heavy atom. The molecule has 0 aliphatic heterocycles. The summed E-state index contributed by atoms with van der Waals surface area (Å²) in [6.45, 7) is 3.51. The molecule has 16 heavy (non-hydrogen) atoms. The van der Waals surface area contributed by atoms with Gasteiger partial charge in [0.25, 0.3) is 0 Å². The lowest BCUT2D eigenvalue weighted by atomic mass is 9.85. The van der Waals surface area contributed by atoms with Gasteiger partial charge in [-0.25, -0.2) is 0 Å². The SMILES string of the molecule is CC(=CCCNC1CC1)CC1CCCCC1. The first-order valence-electron chi connectivity index (χ1n) is 7.23. The van der Waals surface area contributed by atoms with Gasteiger partial charge < -0.3 is 5.32 Å². The second-order valence-corrected chi connectivity index (χ2v) is 5.78. The first-order valence-corrected chi connectivity index (χ1v) is 7.23. The quantitative estimate of drug-likeness (QED) is 0.527. The third-order valence-corrected chi connectivity index (χ3v) is 3.98. The molecule has 1 nitrogen and oxygen atoms in total. The summed E-state index contributed by atoms with van der Waals surface area (Å²) >= 11 is 0. The number of allylic oxidation sites excluding steroid dienone is 1. The summed E-state index contributed by atoms with van der Waals surface area (Å²) < 4.78 is 0. The van der Waals surface area contributed by atoms with Crippen LogP contribution in [0.1, 0.15) is 64.7 Å². The maximum Gasteiger partial charge on any atom is 0.00683 e. The van der Waals surface area contributed by atoms with Crippen molar-refractivity contribution in [1.29, 1.82) is 0 Å². The molecule has 0 radical (unpaired) electrons. The molecule has 0 aromatic heterocycles. The van der Waals surface area contributed by atoms with E-state index < -0.39 is 0 Å². The summed E-state index contributed by atoms with van der Waals surface area (Å²) in [5.41, 5.74) is 1.63. The highest BCUT2D eigenvalue weighted by atomic mass is 14.9. The van der Waals surface area contributed by atoms with E-state index in [1.165, 1.54) is 64.3 Å². The molecule has 0 aromatic rings. The highest BCUT2D eigenvalue weighted by molar-refractivity contribution is 5.00. The second-order valence-electron chi connectivity index (χ2n) is 5.78. The van der Waals surface area contributed by atoms with Crippen LogP contribution in [0.2, 0.25) is 0 Å². The zero-order chi connectivity index (χ0) is 11.2. The van der Waals surface area contributed by atoms with Crippen molar-refractivity contribution in [2.75, 3.05) is 6.54 Å². The van der Waals surface area contributed by atoms with Crippen LogP contribution < -0.4 is 5.32 Å². The fourth-order valence-corrected chi connectivity index (χ4v) is 2.82. The monoisotopic (exact) mass is 221 g/mol. The topological polar surface area (TPSA) is 12.0 Å². The van der Waals surface area contributed by atoms with E-state index >= 15 is 0 Å². The van der Waals surface area contributed by atoms with Crippen molar-refractivity contribution in [3.63, 3.8) is 0 Å². The van der Waals surface area contributed by atoms with E-state index in [1.807, 2.05) is 0 Å². The lowest BCUT2D eigenvalue weighted by Crippen LogP contribution is -2.16. The maximum atomic E-state index is 3.57. The normalized spacial score (nSPS) is 23.7. The van der Waals surface area contributed by atoms with Gasteiger partial charge in [0.2, 0.25) is 0 Å². The molecule has 0 atom stereocenters. The van der Waals surface area contributed by atoms with Crippen LogP contribution in [-0.4, -0.2) is 12.6 Å². The number of hydrogen-bond donors (Lipinski definition) is 1. The van der Waals surface area contributed by atoms with E-state index in [-0.39, 0.29) is 0 Å². The van der Waals surface area contributed by atoms with E-state index in [2.05, 4.69) is 18.3 Å². The van der Waals surface area contributed by atoms with Gasteiger partial charge in [0.1, 0.15) is 0 Å². The smallest absolute Gasteiger partial charge is 0.00683 e. The van der Waals surface area contributed by atoms with Crippen molar-refractivity contribution in [2.24, 2.45) is 5.92 Å². The van der Waals surface area contributed by atoms with Gasteiger partial charge in [0.15, 0.2) is 0 Å². The Bertz CT molecular complexity index is 222. The maximum absolute atomic E-state index is 3.57. The molecule has 2 aliphatic carbocycles. The van der Waals surface area contributed by atoms with Crippen molar-refractivity contribution in [3.8, 4) is 0 Å². The molecule has 0 amide bonds. The van der Waals surface area contributed by atoms with Crippen molar-refractivity contribution in [2.45, 2.75) is 70.8 Å². The lowest BCUT2D eigenvalue weighted by Gasteiger charge is -2.21. The molecule has 0 aromatic carbocycles. The average molecular weight is 221 g/mol. The van der Waals surface area contributed by atoms with Gasteiger partial charge in [-0.1, -0.05) is 43.8 Å². The fraction of sp³-hybridized carbons (Fsp3) is 0.867. The fourth-order valence-electron chi connectivity index (χ4n) is 2.82. The molecule has 0 spiro atoms. The molecule has 92 valence electrons. The summed E-state index contributed by atoms with van der Waals surface area (Å²) in [4.78, 5) is 0. The van der Waals surface area contributed by atoms with Gasteiger partial charge >= 0.3 is 0 Å². The summed E-state index contributed by atoms with van der Waals surface area (Å²) in [6, 6.07) is 0.868. The molecule has 0 bridgehead atoms. The minimum atomic E-state index is 0.868. The Hall–Kier alpha value is -0.300. The molecule has 2 fully saturated rings. The third kappa shape index (κ3) is 4.69. The largest absolute Gasteiger partial charge is 0.314 e. The summed E-state index contributed by atoms with van der Waals surface area (Å²) in [5, 5.41) is 3.57. The van der Waals surface area contributed by atoms with Gasteiger partial charge in [0.05, 0.1) is 0 Å². The predicted octanol–water partition coefficient (Wildman–Crippen LogP) is 4.05. The Morgan fingerprint density at radius 3 is 2.56 bits per heavy atom. The Morgan fingerprint density at radius 2 is 1.88 bits per heavy atom. The van der Waals surface area contributed by atoms with Crippen molar-refractivity contribution < 1.29 is 0 Å². The molecule has 2 saturated carbocycles. The highest BCUT2D eigenvalue weighted by Crippen LogP contribution is 2.28. The number of nitrogens with one attached hydrogen (secondary N) is 1. The minimum absolute atomic E-state index is 0.868. The van der Waals surface area contributed by atoms with Crippen molar-refractivity contribution in [3.05, 3.63) is 11.6 Å². The Balaban J connectivity index is 1.57. The molecule has 2 aliphatic rings. The first kappa shape index (κ1) is 12.2. The van der Waals surface area contributed by atoms with Crippen molar-refractivity contribution in [1.82, 2.24) is 5.32 Å². The van der Waals surface area contributed by atoms with Gasteiger partial charge in [-0.05, 0) is 45.1 Å². The van der Waals surface area contributed by atoms with Gasteiger partial charge in [0, 0.05) is 6.04 Å². The van der Waals surface area contributed by atoms with Crippen LogP contribution in [0.4, 0.5) is 0 Å². The molecular weight excluding hydrogens is 194 g/mol. The van der Waals surface area contributed by atoms with Crippen LogP contribution in [0.25, 0.3) is 0 Å². The number of hydrogen-bond acceptors (Lipinski definition) is 1. The van der Waals surface area contributed by atoms with Crippen LogP contribution in [0.3, 0.4) is 0 Å². The summed E-state index contributed by atoms with van der Waals surface area (Å²) in [6.07, 6.45) is 15.3. The average Bonchev–Trinajstić information content (AvgIpc) is 3.10. The molecule has 0 saturated heterocycles. The third-order valence-electron chi connectivity index (χ3n) is 3.98. The number of rotatable bonds is 6. The molecular formula is C15H27N. The van der Waals surface area contributed by atoms with Crippen LogP contribution in [0.5, 0.6) is 0 Å². The van der Waals surface area contributed by atoms with Crippen LogP contribution in [0.15, 0.2) is 11.6 Å². The minimum Gasteiger partial charge on any atom is -0.314 e. The van der Waals surface area contributed by atoms with Gasteiger partial charge in [-0.15, -0.1) is 0 Å². The Kier molecular flexibility index (Phi) is 4.90. The molecule has 1 heteroatoms. The first-order chi connectivity index (χ1) is 7.84. The van der Waals surface area contributed by atoms with Gasteiger partial charge in [-0.2, -0.15) is 0 Å². The highest BCUT2D eigenvalue weighted by Gasteiger charge is 2.19. The van der Waals surface area contributed by atoms with Gasteiger partial charge in [-0.3, -0.25) is 0 Å². The van der Waals surface area contributed by atoms with E-state index in [4.69, 9.17) is 0 Å². The van der Waals surface area contributed by atoms with E-state index in [0.29, 0.717) is 0 Å². The zero-order valence-corrected chi connectivity index (χ0v) is 10.8. The van der Waals surface area contributed by atoms with Crippen LogP contribution in [-0.2, 0) is 0 Å². The molecule has 1 N–H and O–H groups in total. The van der Waals surface area contributed by atoms with Crippen LogP contribution >= 0.6 is 0 Å². The lowest BCUT2D eigenvalue weighted by molar-refractivity contribution is 0.355. The Labute approximate surface area is 101 Å². The van der Waals surface area contributed by atoms with E-state index in [9.17, 15) is 0 Å². The predicted molar refractivity (Wildman–Crippen MR) is 70.6 cm³/mol. The molecule has 0 heterocycles. The zero-order valence-electron chi connectivity index (χ0n) is 10.8.